The number of fused-ring (bicyclic) bond motifs is 2. The van der Waals surface area contributed by atoms with E-state index in [0.29, 0.717) is 5.92 Å². The SMILES string of the molecule is O=C(O)[C@@H]1CC(O)CN1C(=O)N1CC2CCC1C2. The topological polar surface area (TPSA) is 81.1 Å². The van der Waals surface area contributed by atoms with Crippen LogP contribution in [-0.2, 0) is 4.79 Å². The number of carbonyl (C=O) groups excluding carboxylic acids is 1. The first-order chi connectivity index (χ1) is 8.56. The van der Waals surface area contributed by atoms with Crippen molar-refractivity contribution in [2.75, 3.05) is 13.1 Å². The molecule has 2 saturated heterocycles. The lowest BCUT2D eigenvalue weighted by atomic mass is 10.1. The molecule has 3 aliphatic rings. The molecule has 3 fully saturated rings. The Hall–Kier alpha value is -1.30. The highest BCUT2D eigenvalue weighted by molar-refractivity contribution is 5.84. The van der Waals surface area contributed by atoms with Crippen molar-refractivity contribution in [3.05, 3.63) is 0 Å². The number of aliphatic hydroxyl groups excluding tert-OH is 1. The molecule has 6 nitrogen and oxygen atoms in total. The van der Waals surface area contributed by atoms with Gasteiger partial charge in [-0.1, -0.05) is 0 Å². The number of hydrogen-bond donors (Lipinski definition) is 2. The van der Waals surface area contributed by atoms with Gasteiger partial charge in [-0.05, 0) is 25.2 Å². The van der Waals surface area contributed by atoms with Gasteiger partial charge in [-0.3, -0.25) is 0 Å². The zero-order valence-electron chi connectivity index (χ0n) is 10.2. The lowest BCUT2D eigenvalue weighted by Gasteiger charge is -2.32. The number of aliphatic carboxylic acids is 1. The van der Waals surface area contributed by atoms with Crippen LogP contribution >= 0.6 is 0 Å². The highest BCUT2D eigenvalue weighted by Gasteiger charge is 2.46. The Bertz CT molecular complexity index is 386. The maximum Gasteiger partial charge on any atom is 0.326 e. The van der Waals surface area contributed by atoms with E-state index in [1.807, 2.05) is 4.90 Å². The summed E-state index contributed by atoms with van der Waals surface area (Å²) in [7, 11) is 0. The number of likely N-dealkylation sites (tertiary alicyclic amines) is 2. The highest BCUT2D eigenvalue weighted by atomic mass is 16.4. The number of aliphatic hydroxyl groups is 1. The van der Waals surface area contributed by atoms with E-state index >= 15 is 0 Å². The van der Waals surface area contributed by atoms with Crippen molar-refractivity contribution in [3.8, 4) is 0 Å². The lowest BCUT2D eigenvalue weighted by molar-refractivity contribution is -0.141. The van der Waals surface area contributed by atoms with Gasteiger partial charge in [-0.2, -0.15) is 0 Å². The largest absolute Gasteiger partial charge is 0.480 e. The zero-order valence-corrected chi connectivity index (χ0v) is 10.2. The predicted molar refractivity (Wildman–Crippen MR) is 62.0 cm³/mol. The third-order valence-electron chi connectivity index (χ3n) is 4.46. The molecule has 1 saturated carbocycles. The van der Waals surface area contributed by atoms with Crippen LogP contribution in [0.5, 0.6) is 0 Å². The van der Waals surface area contributed by atoms with Crippen LogP contribution in [-0.4, -0.2) is 63.3 Å². The summed E-state index contributed by atoms with van der Waals surface area (Å²) in [4.78, 5) is 26.6. The van der Waals surface area contributed by atoms with Crippen LogP contribution in [0.3, 0.4) is 0 Å². The second kappa shape index (κ2) is 4.12. The van der Waals surface area contributed by atoms with E-state index in [1.54, 1.807) is 0 Å². The summed E-state index contributed by atoms with van der Waals surface area (Å²) in [6.07, 6.45) is 2.70. The van der Waals surface area contributed by atoms with Crippen LogP contribution < -0.4 is 0 Å². The van der Waals surface area contributed by atoms with E-state index < -0.39 is 18.1 Å². The van der Waals surface area contributed by atoms with Crippen LogP contribution in [0.1, 0.15) is 25.7 Å². The number of amides is 2. The molecule has 100 valence electrons. The summed E-state index contributed by atoms with van der Waals surface area (Å²) < 4.78 is 0. The molecular formula is C12H18N2O4. The van der Waals surface area contributed by atoms with Gasteiger partial charge >= 0.3 is 12.0 Å². The fourth-order valence-corrected chi connectivity index (χ4v) is 3.58. The number of rotatable bonds is 1. The van der Waals surface area contributed by atoms with Crippen molar-refractivity contribution in [1.82, 2.24) is 9.80 Å². The van der Waals surface area contributed by atoms with Crippen molar-refractivity contribution >= 4 is 12.0 Å². The minimum absolute atomic E-state index is 0.142. The quantitative estimate of drug-likeness (QED) is 0.696. The molecule has 2 heterocycles. The fraction of sp³-hybridized carbons (Fsp3) is 0.833. The molecule has 2 N–H and O–H groups in total. The molecule has 0 radical (unpaired) electrons. The molecule has 18 heavy (non-hydrogen) atoms. The second-order valence-electron chi connectivity index (χ2n) is 5.66. The summed E-state index contributed by atoms with van der Waals surface area (Å²) in [6.45, 7) is 0.895. The van der Waals surface area contributed by atoms with Gasteiger partial charge in [0.2, 0.25) is 0 Å². The average molecular weight is 254 g/mol. The Morgan fingerprint density at radius 1 is 1.06 bits per heavy atom. The number of carboxylic acid groups (broad SMARTS) is 1. The number of hydrogen-bond acceptors (Lipinski definition) is 3. The molecule has 0 aromatic carbocycles. The first-order valence-electron chi connectivity index (χ1n) is 6.54. The van der Waals surface area contributed by atoms with Gasteiger partial charge in [0.05, 0.1) is 6.10 Å². The Kier molecular flexibility index (Phi) is 2.69. The fourth-order valence-electron chi connectivity index (χ4n) is 3.58. The number of piperidine rings is 1. The minimum atomic E-state index is -1.02. The third-order valence-corrected chi connectivity index (χ3v) is 4.46. The Labute approximate surface area is 105 Å². The smallest absolute Gasteiger partial charge is 0.326 e. The maximum atomic E-state index is 12.4. The lowest BCUT2D eigenvalue weighted by Crippen LogP contribution is -2.50. The molecule has 0 aromatic rings. The molecule has 2 amide bonds. The number of urea groups is 1. The standard InChI is InChI=1S/C12H18N2O4/c15-9-4-10(11(16)17)14(6-9)12(18)13-5-7-1-2-8(13)3-7/h7-10,15H,1-6H2,(H,16,17)/t7?,8?,9?,10-/m0/s1. The molecule has 0 aromatic heterocycles. The first-order valence-corrected chi connectivity index (χ1v) is 6.54. The van der Waals surface area contributed by atoms with E-state index in [0.717, 1.165) is 19.4 Å². The summed E-state index contributed by atoms with van der Waals surface area (Å²) in [5.74, 6) is -0.431. The van der Waals surface area contributed by atoms with Gasteiger partial charge in [-0.15, -0.1) is 0 Å². The van der Waals surface area contributed by atoms with Crippen molar-refractivity contribution in [2.24, 2.45) is 5.92 Å². The van der Waals surface area contributed by atoms with Gasteiger partial charge in [0.25, 0.3) is 0 Å². The summed E-state index contributed by atoms with van der Waals surface area (Å²) >= 11 is 0. The number of β-amino-alcohol motifs (C(OH)–C–C–N with tert-alkyl or cyclic N) is 1. The van der Waals surface area contributed by atoms with E-state index in [-0.39, 0.29) is 25.0 Å². The highest BCUT2D eigenvalue weighted by Crippen LogP contribution is 2.38. The van der Waals surface area contributed by atoms with E-state index in [9.17, 15) is 14.7 Å². The molecule has 3 rings (SSSR count). The molecule has 4 atom stereocenters. The third kappa shape index (κ3) is 1.75. The molecule has 2 bridgehead atoms. The van der Waals surface area contributed by atoms with Crippen LogP contribution in [0.2, 0.25) is 0 Å². The Morgan fingerprint density at radius 2 is 1.83 bits per heavy atom. The van der Waals surface area contributed by atoms with Crippen LogP contribution in [0, 0.1) is 5.92 Å². The average Bonchev–Trinajstić information content (AvgIpc) is 3.01. The monoisotopic (exact) mass is 254 g/mol. The first kappa shape index (κ1) is 11.8. The van der Waals surface area contributed by atoms with Crippen molar-refractivity contribution < 1.29 is 19.8 Å². The normalized spacial score (nSPS) is 38.5. The second-order valence-corrected chi connectivity index (χ2v) is 5.66. The molecule has 6 heteroatoms. The Balaban J connectivity index is 1.73. The molecule has 3 unspecified atom stereocenters. The number of carbonyl (C=O) groups is 2. The minimum Gasteiger partial charge on any atom is -0.480 e. The number of nitrogens with zero attached hydrogens (tertiary/aromatic N) is 2. The van der Waals surface area contributed by atoms with Gasteiger partial charge < -0.3 is 20.0 Å². The van der Waals surface area contributed by atoms with Crippen LogP contribution in [0.25, 0.3) is 0 Å². The molecular weight excluding hydrogens is 236 g/mol. The number of carboxylic acids is 1. The maximum absolute atomic E-state index is 12.4. The van der Waals surface area contributed by atoms with E-state index in [4.69, 9.17) is 5.11 Å². The van der Waals surface area contributed by atoms with Crippen molar-refractivity contribution in [1.29, 1.82) is 0 Å². The molecule has 0 spiro atoms. The van der Waals surface area contributed by atoms with Gasteiger partial charge in [-0.25, -0.2) is 9.59 Å². The van der Waals surface area contributed by atoms with Gasteiger partial charge in [0.15, 0.2) is 0 Å². The van der Waals surface area contributed by atoms with Crippen molar-refractivity contribution in [3.63, 3.8) is 0 Å². The predicted octanol–water partition coefficient (Wildman–Crippen LogP) is 0.111. The van der Waals surface area contributed by atoms with E-state index in [1.165, 1.54) is 11.3 Å². The summed E-state index contributed by atoms with van der Waals surface area (Å²) in [5.41, 5.74) is 0. The summed E-state index contributed by atoms with van der Waals surface area (Å²) in [5, 5.41) is 18.7. The van der Waals surface area contributed by atoms with Gasteiger partial charge in [0, 0.05) is 25.6 Å². The van der Waals surface area contributed by atoms with Crippen molar-refractivity contribution in [2.45, 2.75) is 43.9 Å². The molecule has 1 aliphatic carbocycles. The Morgan fingerprint density at radius 3 is 2.39 bits per heavy atom. The van der Waals surface area contributed by atoms with Crippen LogP contribution in [0.4, 0.5) is 4.79 Å². The molecule has 2 aliphatic heterocycles. The zero-order chi connectivity index (χ0) is 12.9. The van der Waals surface area contributed by atoms with E-state index in [2.05, 4.69) is 0 Å². The summed E-state index contributed by atoms with van der Waals surface area (Å²) in [6, 6.07) is -0.785. The van der Waals surface area contributed by atoms with Crippen LogP contribution in [0.15, 0.2) is 0 Å². The van der Waals surface area contributed by atoms with Gasteiger partial charge in [0.1, 0.15) is 6.04 Å².